The number of esters is 1. The molecule has 4 atom stereocenters. The fourth-order valence-corrected chi connectivity index (χ4v) is 6.33. The summed E-state index contributed by atoms with van der Waals surface area (Å²) < 4.78 is 29.1. The summed E-state index contributed by atoms with van der Waals surface area (Å²) in [7, 11) is 4.20. The number of hydrogen-bond donors (Lipinski definition) is 1. The molecule has 2 bridgehead atoms. The third-order valence-corrected chi connectivity index (χ3v) is 8.20. The van der Waals surface area contributed by atoms with Gasteiger partial charge in [-0.3, -0.25) is 9.59 Å². The molecule has 214 valence electrons. The zero-order valence-electron chi connectivity index (χ0n) is 23.4. The van der Waals surface area contributed by atoms with E-state index in [1.165, 1.54) is 14.2 Å². The minimum Gasteiger partial charge on any atom is -0.497 e. The second-order valence-electron chi connectivity index (χ2n) is 10.3. The van der Waals surface area contributed by atoms with E-state index in [4.69, 9.17) is 23.7 Å². The number of benzene rings is 4. The Morgan fingerprint density at radius 1 is 0.857 bits per heavy atom. The maximum atomic E-state index is 14.7. The lowest BCUT2D eigenvalue weighted by atomic mass is 9.75. The molecule has 0 radical (unpaired) electrons. The fraction of sp³-hybridized carbons (Fsp3) is 0.235. The lowest BCUT2D eigenvalue weighted by Crippen LogP contribution is -2.51. The van der Waals surface area contributed by atoms with Crippen molar-refractivity contribution in [1.29, 1.82) is 0 Å². The number of aliphatic hydroxyl groups is 1. The van der Waals surface area contributed by atoms with Crippen LogP contribution in [0.5, 0.6) is 23.0 Å². The Labute approximate surface area is 243 Å². The van der Waals surface area contributed by atoms with Gasteiger partial charge in [0.2, 0.25) is 11.4 Å². The maximum Gasteiger partial charge on any atom is 0.313 e. The van der Waals surface area contributed by atoms with Crippen LogP contribution in [0.4, 0.5) is 0 Å². The van der Waals surface area contributed by atoms with E-state index in [1.807, 2.05) is 60.7 Å². The highest BCUT2D eigenvalue weighted by Gasteiger charge is 2.77. The van der Waals surface area contributed by atoms with Gasteiger partial charge in [-0.05, 0) is 23.3 Å². The molecule has 6 rings (SSSR count). The molecule has 4 aromatic carbocycles. The molecule has 1 fully saturated rings. The van der Waals surface area contributed by atoms with Crippen LogP contribution in [-0.2, 0) is 32.1 Å². The Kier molecular flexibility index (Phi) is 6.86. The third-order valence-electron chi connectivity index (χ3n) is 8.20. The largest absolute Gasteiger partial charge is 0.497 e. The Hall–Kier alpha value is -4.82. The SMILES string of the molecule is COC(=O)C1C(c2ccccc2)[C@]2(c3ccc(OC)cc3)Oc3cc(OCc4ccccc4)cc(OC)c3[C@@]1(O)C2=O. The van der Waals surface area contributed by atoms with Crippen molar-refractivity contribution in [2.24, 2.45) is 5.92 Å². The highest BCUT2D eigenvalue weighted by Crippen LogP contribution is 2.66. The van der Waals surface area contributed by atoms with Crippen molar-refractivity contribution in [3.63, 3.8) is 0 Å². The molecule has 1 saturated carbocycles. The number of ether oxygens (including phenoxy) is 5. The van der Waals surface area contributed by atoms with Gasteiger partial charge in [0.15, 0.2) is 5.60 Å². The van der Waals surface area contributed by atoms with Gasteiger partial charge in [0.25, 0.3) is 0 Å². The number of methoxy groups -OCH3 is 3. The van der Waals surface area contributed by atoms with Crippen molar-refractivity contribution >= 4 is 11.8 Å². The molecule has 2 aliphatic rings. The average molecular weight is 567 g/mol. The molecule has 8 nitrogen and oxygen atoms in total. The molecule has 4 aromatic rings. The van der Waals surface area contributed by atoms with E-state index < -0.39 is 34.8 Å². The van der Waals surface area contributed by atoms with Crippen molar-refractivity contribution < 1.29 is 38.4 Å². The molecule has 1 N–H and O–H groups in total. The molecule has 0 saturated heterocycles. The standard InChI is InChI=1S/C34H30O8/c1-38-24-16-14-23(15-17-24)34-28(22-12-8-5-9-13-22)30(31(35)40-3)33(37,32(34)36)29-26(39-2)18-25(19-27(29)42-34)41-20-21-10-6-4-7-11-21/h4-19,28,30,37H,20H2,1-3H3/t28?,30?,33-,34-/m0/s1. The molecule has 1 aliphatic carbocycles. The van der Waals surface area contributed by atoms with E-state index >= 15 is 0 Å². The smallest absolute Gasteiger partial charge is 0.313 e. The second kappa shape index (κ2) is 10.5. The highest BCUT2D eigenvalue weighted by atomic mass is 16.5. The first-order chi connectivity index (χ1) is 20.4. The quantitative estimate of drug-likeness (QED) is 0.300. The summed E-state index contributed by atoms with van der Waals surface area (Å²) in [5.41, 5.74) is -2.05. The minimum atomic E-state index is -2.34. The van der Waals surface area contributed by atoms with E-state index in [-0.39, 0.29) is 23.7 Å². The van der Waals surface area contributed by atoms with E-state index in [1.54, 1.807) is 43.5 Å². The molecule has 0 amide bonds. The summed E-state index contributed by atoms with van der Waals surface area (Å²) in [6, 6.07) is 28.8. The molecule has 0 aromatic heterocycles. The zero-order valence-corrected chi connectivity index (χ0v) is 23.4. The Balaban J connectivity index is 1.60. The fourth-order valence-electron chi connectivity index (χ4n) is 6.33. The molecular formula is C34H30O8. The van der Waals surface area contributed by atoms with Gasteiger partial charge in [-0.25, -0.2) is 0 Å². The van der Waals surface area contributed by atoms with Crippen LogP contribution < -0.4 is 18.9 Å². The summed E-state index contributed by atoms with van der Waals surface area (Å²) in [6.45, 7) is 0.271. The topological polar surface area (TPSA) is 101 Å². The van der Waals surface area contributed by atoms with Crippen molar-refractivity contribution in [3.8, 4) is 23.0 Å². The van der Waals surface area contributed by atoms with Crippen LogP contribution in [0.25, 0.3) is 0 Å². The summed E-state index contributed by atoms with van der Waals surface area (Å²) in [6.07, 6.45) is 0. The van der Waals surface area contributed by atoms with Gasteiger partial charge in [0.05, 0.1) is 32.8 Å². The third kappa shape index (κ3) is 4.01. The van der Waals surface area contributed by atoms with Crippen LogP contribution >= 0.6 is 0 Å². The number of hydrogen-bond acceptors (Lipinski definition) is 8. The monoisotopic (exact) mass is 566 g/mol. The minimum absolute atomic E-state index is 0.0556. The first-order valence-corrected chi connectivity index (χ1v) is 13.5. The van der Waals surface area contributed by atoms with Gasteiger partial charge in [-0.2, -0.15) is 0 Å². The predicted molar refractivity (Wildman–Crippen MR) is 153 cm³/mol. The molecule has 42 heavy (non-hydrogen) atoms. The average Bonchev–Trinajstić information content (AvgIpc) is 3.16. The summed E-state index contributed by atoms with van der Waals surface area (Å²) >= 11 is 0. The molecule has 2 unspecified atom stereocenters. The van der Waals surface area contributed by atoms with Crippen LogP contribution in [0.1, 0.15) is 28.2 Å². The van der Waals surface area contributed by atoms with Crippen LogP contribution in [0.3, 0.4) is 0 Å². The molecule has 8 heteroatoms. The summed E-state index contributed by atoms with van der Waals surface area (Å²) in [4.78, 5) is 28.4. The summed E-state index contributed by atoms with van der Waals surface area (Å²) in [5.74, 6) is -2.45. The first-order valence-electron chi connectivity index (χ1n) is 13.5. The van der Waals surface area contributed by atoms with Crippen molar-refractivity contribution in [2.75, 3.05) is 21.3 Å². The molecular weight excluding hydrogens is 536 g/mol. The normalized spacial score (nSPS) is 23.9. The molecule has 1 aliphatic heterocycles. The van der Waals surface area contributed by atoms with Crippen LogP contribution in [0.15, 0.2) is 97.1 Å². The zero-order chi connectivity index (χ0) is 29.5. The number of carbonyl (C=O) groups is 2. The Morgan fingerprint density at radius 3 is 2.14 bits per heavy atom. The van der Waals surface area contributed by atoms with Gasteiger partial charge < -0.3 is 28.8 Å². The van der Waals surface area contributed by atoms with Crippen molar-refractivity contribution in [1.82, 2.24) is 0 Å². The van der Waals surface area contributed by atoms with Crippen molar-refractivity contribution in [2.45, 2.75) is 23.7 Å². The highest BCUT2D eigenvalue weighted by molar-refractivity contribution is 6.07. The molecule has 1 heterocycles. The van der Waals surface area contributed by atoms with Crippen LogP contribution in [0, 0.1) is 5.92 Å². The van der Waals surface area contributed by atoms with E-state index in [0.717, 1.165) is 5.56 Å². The lowest BCUT2D eigenvalue weighted by molar-refractivity contribution is -0.162. The Morgan fingerprint density at radius 2 is 1.52 bits per heavy atom. The van der Waals surface area contributed by atoms with Crippen LogP contribution in [0.2, 0.25) is 0 Å². The van der Waals surface area contributed by atoms with E-state index in [0.29, 0.717) is 22.6 Å². The number of rotatable bonds is 8. The Bertz CT molecular complexity index is 1620. The second-order valence-corrected chi connectivity index (χ2v) is 10.3. The number of Topliss-reactive ketones (excluding diaryl/α,β-unsaturated/α-hetero) is 1. The van der Waals surface area contributed by atoms with Gasteiger partial charge in [-0.15, -0.1) is 0 Å². The van der Waals surface area contributed by atoms with Gasteiger partial charge >= 0.3 is 5.97 Å². The van der Waals surface area contributed by atoms with Gasteiger partial charge in [0, 0.05) is 17.7 Å². The number of ketones is 1. The maximum absolute atomic E-state index is 14.7. The number of carbonyl (C=O) groups excluding carboxylic acids is 2. The van der Waals surface area contributed by atoms with Gasteiger partial charge in [0.1, 0.15) is 35.5 Å². The summed E-state index contributed by atoms with van der Waals surface area (Å²) in [5, 5.41) is 12.6. The lowest BCUT2D eigenvalue weighted by Gasteiger charge is -2.40. The van der Waals surface area contributed by atoms with E-state index in [2.05, 4.69) is 0 Å². The van der Waals surface area contributed by atoms with Crippen LogP contribution in [-0.4, -0.2) is 38.2 Å². The first kappa shape index (κ1) is 27.4. The molecule has 0 spiro atoms. The predicted octanol–water partition coefficient (Wildman–Crippen LogP) is 4.91. The van der Waals surface area contributed by atoms with Gasteiger partial charge in [-0.1, -0.05) is 72.8 Å². The van der Waals surface area contributed by atoms with E-state index in [9.17, 15) is 14.7 Å². The van der Waals surface area contributed by atoms with Crippen molar-refractivity contribution in [3.05, 3.63) is 119 Å². The number of fused-ring (bicyclic) bond motifs is 4.